The normalized spacial score (nSPS) is 21.5. The fourth-order valence-electron chi connectivity index (χ4n) is 3.36. The molecule has 1 amide bonds. The summed E-state index contributed by atoms with van der Waals surface area (Å²) in [6.07, 6.45) is 5.78. The first-order valence-corrected chi connectivity index (χ1v) is 9.78. The van der Waals surface area contributed by atoms with E-state index in [1.165, 1.54) is 30.5 Å². The summed E-state index contributed by atoms with van der Waals surface area (Å²) in [5, 5.41) is 22.1. The van der Waals surface area contributed by atoms with Crippen LogP contribution in [0.25, 0.3) is 0 Å². The number of aromatic nitrogens is 6. The van der Waals surface area contributed by atoms with Gasteiger partial charge in [-0.3, -0.25) is 10.1 Å². The molecule has 138 valence electrons. The van der Waals surface area contributed by atoms with E-state index in [0.29, 0.717) is 12.5 Å². The molecule has 1 N–H and O–H groups in total. The van der Waals surface area contributed by atoms with Gasteiger partial charge in [0.15, 0.2) is 5.82 Å². The van der Waals surface area contributed by atoms with Crippen LogP contribution in [-0.4, -0.2) is 59.7 Å². The van der Waals surface area contributed by atoms with Gasteiger partial charge >= 0.3 is 0 Å². The Balaban J connectivity index is 1.54. The third-order valence-electron chi connectivity index (χ3n) is 4.93. The van der Waals surface area contributed by atoms with E-state index in [4.69, 9.17) is 0 Å². The Morgan fingerprint density at radius 2 is 2.31 bits per heavy atom. The molecule has 26 heavy (non-hydrogen) atoms. The summed E-state index contributed by atoms with van der Waals surface area (Å²) in [7, 11) is 0. The van der Waals surface area contributed by atoms with Crippen molar-refractivity contribution in [3.63, 3.8) is 0 Å². The average Bonchev–Trinajstić information content (AvgIpc) is 3.11. The van der Waals surface area contributed by atoms with Gasteiger partial charge in [-0.2, -0.15) is 0 Å². The molecule has 1 aliphatic heterocycles. The van der Waals surface area contributed by atoms with Crippen molar-refractivity contribution < 1.29 is 4.79 Å². The van der Waals surface area contributed by atoms with Crippen LogP contribution >= 0.6 is 11.5 Å². The maximum atomic E-state index is 12.0. The highest BCUT2D eigenvalue weighted by molar-refractivity contribution is 7.03. The second kappa shape index (κ2) is 7.58. The number of piperidine rings is 1. The number of hydrogen-bond donors (Lipinski definition) is 1. The van der Waals surface area contributed by atoms with E-state index in [1.54, 1.807) is 0 Å². The highest BCUT2D eigenvalue weighted by atomic mass is 32.1. The lowest BCUT2D eigenvalue weighted by Crippen LogP contribution is -2.49. The minimum atomic E-state index is -0.230. The van der Waals surface area contributed by atoms with Gasteiger partial charge in [0.1, 0.15) is 11.7 Å². The van der Waals surface area contributed by atoms with Gasteiger partial charge in [0.25, 0.3) is 0 Å². The Morgan fingerprint density at radius 3 is 3.04 bits per heavy atom. The molecule has 0 spiro atoms. The number of carbonyl (C=O) groups is 1. The fraction of sp³-hybridized carbons (Fsp3) is 0.625. The van der Waals surface area contributed by atoms with Crippen molar-refractivity contribution in [1.82, 2.24) is 40.0 Å². The molecule has 0 aromatic carbocycles. The van der Waals surface area contributed by atoms with Gasteiger partial charge < -0.3 is 4.90 Å². The maximum Gasteiger partial charge on any atom is 0.246 e. The number of carbonyl (C=O) groups excluding carboxylic acids is 1. The standard InChI is InChI=1S/C16H22N8OS/c1-2-14(25)23-7-3-4-12(9-23)17-15(13-10-26-22-18-13)16-19-20-21-24(16)8-11-5-6-11/h2,10-12,15,17H,1,3-9H2. The summed E-state index contributed by atoms with van der Waals surface area (Å²) in [5.74, 6) is 1.40. The predicted molar refractivity (Wildman–Crippen MR) is 95.2 cm³/mol. The molecule has 2 aliphatic rings. The van der Waals surface area contributed by atoms with Crippen LogP contribution in [0.5, 0.6) is 0 Å². The molecule has 2 aromatic heterocycles. The minimum Gasteiger partial charge on any atom is -0.338 e. The molecular formula is C16H22N8OS. The van der Waals surface area contributed by atoms with Gasteiger partial charge in [-0.25, -0.2) is 4.68 Å². The lowest BCUT2D eigenvalue weighted by molar-refractivity contribution is -0.127. The largest absolute Gasteiger partial charge is 0.338 e. The molecule has 2 unspecified atom stereocenters. The maximum absolute atomic E-state index is 12.0. The van der Waals surface area contributed by atoms with Crippen LogP contribution < -0.4 is 5.32 Å². The van der Waals surface area contributed by atoms with E-state index in [-0.39, 0.29) is 18.0 Å². The van der Waals surface area contributed by atoms with E-state index in [9.17, 15) is 4.79 Å². The smallest absolute Gasteiger partial charge is 0.246 e. The second-order valence-corrected chi connectivity index (χ2v) is 7.53. The molecule has 9 nitrogen and oxygen atoms in total. The Kier molecular flexibility index (Phi) is 5.02. The van der Waals surface area contributed by atoms with E-state index >= 15 is 0 Å². The first-order valence-electron chi connectivity index (χ1n) is 8.95. The highest BCUT2D eigenvalue weighted by Gasteiger charge is 2.31. The number of hydrogen-bond acceptors (Lipinski definition) is 8. The molecular weight excluding hydrogens is 352 g/mol. The van der Waals surface area contributed by atoms with Crippen LogP contribution in [0.1, 0.15) is 43.2 Å². The summed E-state index contributed by atoms with van der Waals surface area (Å²) in [4.78, 5) is 13.8. The SMILES string of the molecule is C=CC(=O)N1CCCC(NC(c2csnn2)c2nnnn2CC2CC2)C1. The number of nitrogens with zero attached hydrogens (tertiary/aromatic N) is 7. The Bertz CT molecular complexity index is 756. The quantitative estimate of drug-likeness (QED) is 0.715. The predicted octanol–water partition coefficient (Wildman–Crippen LogP) is 0.791. The third-order valence-corrected chi connectivity index (χ3v) is 5.45. The lowest BCUT2D eigenvalue weighted by atomic mass is 10.0. The molecule has 2 atom stereocenters. The summed E-state index contributed by atoms with van der Waals surface area (Å²) in [6.45, 7) is 5.84. The molecule has 1 saturated heterocycles. The lowest BCUT2D eigenvalue weighted by Gasteiger charge is -2.34. The molecule has 1 saturated carbocycles. The fourth-order valence-corrected chi connectivity index (χ4v) is 3.84. The number of tetrazole rings is 1. The van der Waals surface area contributed by atoms with Crippen molar-refractivity contribution in [3.8, 4) is 0 Å². The molecule has 2 aromatic rings. The molecule has 2 fully saturated rings. The topological polar surface area (TPSA) is 102 Å². The summed E-state index contributed by atoms with van der Waals surface area (Å²) in [6, 6.07) is -0.0864. The molecule has 10 heteroatoms. The van der Waals surface area contributed by atoms with Crippen molar-refractivity contribution in [2.75, 3.05) is 13.1 Å². The van der Waals surface area contributed by atoms with Crippen molar-refractivity contribution in [2.45, 2.75) is 44.3 Å². The molecule has 0 radical (unpaired) electrons. The van der Waals surface area contributed by atoms with Crippen LogP contribution in [0.4, 0.5) is 0 Å². The average molecular weight is 374 g/mol. The Morgan fingerprint density at radius 1 is 1.42 bits per heavy atom. The van der Waals surface area contributed by atoms with Crippen molar-refractivity contribution in [1.29, 1.82) is 0 Å². The van der Waals surface area contributed by atoms with E-state index < -0.39 is 0 Å². The van der Waals surface area contributed by atoms with Gasteiger partial charge in [-0.05, 0) is 59.6 Å². The Labute approximate surface area is 155 Å². The summed E-state index contributed by atoms with van der Waals surface area (Å²) >= 11 is 1.31. The van der Waals surface area contributed by atoms with Gasteiger partial charge in [0, 0.05) is 31.1 Å². The van der Waals surface area contributed by atoms with Gasteiger partial charge in [-0.1, -0.05) is 11.1 Å². The van der Waals surface area contributed by atoms with Crippen molar-refractivity contribution in [2.24, 2.45) is 5.92 Å². The zero-order valence-electron chi connectivity index (χ0n) is 14.5. The van der Waals surface area contributed by atoms with Gasteiger partial charge in [0.05, 0.1) is 0 Å². The van der Waals surface area contributed by atoms with Crippen LogP contribution in [0.15, 0.2) is 18.0 Å². The summed E-state index contributed by atoms with van der Waals surface area (Å²) in [5.41, 5.74) is 0.814. The molecule has 1 aliphatic carbocycles. The number of nitrogens with one attached hydrogen (secondary N) is 1. The van der Waals surface area contributed by atoms with Crippen LogP contribution in [0, 0.1) is 5.92 Å². The van der Waals surface area contributed by atoms with Crippen LogP contribution in [-0.2, 0) is 11.3 Å². The number of amides is 1. The molecule has 3 heterocycles. The first kappa shape index (κ1) is 17.2. The first-order chi connectivity index (χ1) is 12.7. The van der Waals surface area contributed by atoms with Crippen LogP contribution in [0.3, 0.4) is 0 Å². The van der Waals surface area contributed by atoms with E-state index in [1.807, 2.05) is 15.0 Å². The monoisotopic (exact) mass is 374 g/mol. The van der Waals surface area contributed by atoms with Crippen molar-refractivity contribution in [3.05, 3.63) is 29.6 Å². The Hall–Kier alpha value is -2.20. The third kappa shape index (κ3) is 3.80. The van der Waals surface area contributed by atoms with Gasteiger partial charge in [0.2, 0.25) is 5.91 Å². The van der Waals surface area contributed by atoms with E-state index in [0.717, 1.165) is 37.4 Å². The molecule has 0 bridgehead atoms. The summed E-state index contributed by atoms with van der Waals surface area (Å²) < 4.78 is 5.88. The van der Waals surface area contributed by atoms with Gasteiger partial charge in [-0.15, -0.1) is 10.2 Å². The number of likely N-dealkylation sites (tertiary alicyclic amines) is 1. The van der Waals surface area contributed by atoms with E-state index in [2.05, 4.69) is 37.0 Å². The number of rotatable bonds is 7. The highest BCUT2D eigenvalue weighted by Crippen LogP contribution is 2.31. The zero-order chi connectivity index (χ0) is 17.9. The van der Waals surface area contributed by atoms with Crippen LogP contribution in [0.2, 0.25) is 0 Å². The second-order valence-electron chi connectivity index (χ2n) is 6.92. The minimum absolute atomic E-state index is 0.0260. The molecule has 4 rings (SSSR count). The zero-order valence-corrected chi connectivity index (χ0v) is 15.3. The van der Waals surface area contributed by atoms with Crippen molar-refractivity contribution >= 4 is 17.4 Å².